The minimum Gasteiger partial charge on any atom is -0.466 e. The minimum atomic E-state index is -4.62. The Kier molecular flexibility index (Phi) is 4.34. The topological polar surface area (TPSA) is 79.8 Å². The number of amides is 1. The third-order valence-corrected chi connectivity index (χ3v) is 2.72. The number of nitrogens with one attached hydrogen (secondary N) is 2. The van der Waals surface area contributed by atoms with Crippen molar-refractivity contribution in [2.75, 3.05) is 18.5 Å². The second kappa shape index (κ2) is 6.04. The Hall–Kier alpha value is -2.58. The van der Waals surface area contributed by atoms with Gasteiger partial charge in [0, 0.05) is 11.3 Å². The van der Waals surface area contributed by atoms with Gasteiger partial charge in [-0.2, -0.15) is 13.2 Å². The Morgan fingerprint density at radius 1 is 1.45 bits per heavy atom. The first-order chi connectivity index (χ1) is 10.3. The molecule has 1 aliphatic heterocycles. The SMILES string of the molecule is CC(=O)CNc1ccc(C2=NNC(=O)CO2)cc1C(F)(F)F. The molecule has 0 saturated heterocycles. The van der Waals surface area contributed by atoms with Crippen LogP contribution in [0.4, 0.5) is 18.9 Å². The quantitative estimate of drug-likeness (QED) is 0.883. The summed E-state index contributed by atoms with van der Waals surface area (Å²) in [6, 6.07) is 3.39. The predicted molar refractivity (Wildman–Crippen MR) is 71.2 cm³/mol. The molecule has 0 aliphatic carbocycles. The van der Waals surface area contributed by atoms with Crippen molar-refractivity contribution in [1.29, 1.82) is 0 Å². The molecule has 0 bridgehead atoms. The summed E-state index contributed by atoms with van der Waals surface area (Å²) in [5, 5.41) is 6.00. The minimum absolute atomic E-state index is 0.0701. The Bertz CT molecular complexity index is 641. The number of rotatable bonds is 4. The number of carbonyl (C=O) groups is 2. The van der Waals surface area contributed by atoms with Gasteiger partial charge in [0.1, 0.15) is 5.78 Å². The van der Waals surface area contributed by atoms with E-state index in [0.717, 1.165) is 6.07 Å². The maximum absolute atomic E-state index is 13.1. The van der Waals surface area contributed by atoms with Crippen molar-refractivity contribution in [3.63, 3.8) is 0 Å². The normalized spacial score (nSPS) is 14.7. The average Bonchev–Trinajstić information content (AvgIpc) is 2.45. The lowest BCUT2D eigenvalue weighted by molar-refractivity contribution is -0.137. The van der Waals surface area contributed by atoms with E-state index in [1.165, 1.54) is 19.1 Å². The van der Waals surface area contributed by atoms with Crippen LogP contribution >= 0.6 is 0 Å². The lowest BCUT2D eigenvalue weighted by Gasteiger charge is -2.17. The van der Waals surface area contributed by atoms with Crippen LogP contribution in [-0.2, 0) is 20.5 Å². The van der Waals surface area contributed by atoms with Gasteiger partial charge in [0.2, 0.25) is 5.90 Å². The fourth-order valence-corrected chi connectivity index (χ4v) is 1.75. The van der Waals surface area contributed by atoms with Crippen LogP contribution in [0.1, 0.15) is 18.1 Å². The lowest BCUT2D eigenvalue weighted by Crippen LogP contribution is -2.32. The second-order valence-electron chi connectivity index (χ2n) is 4.55. The molecule has 2 rings (SSSR count). The van der Waals surface area contributed by atoms with Gasteiger partial charge < -0.3 is 10.1 Å². The van der Waals surface area contributed by atoms with E-state index in [1.54, 1.807) is 0 Å². The van der Waals surface area contributed by atoms with Crippen molar-refractivity contribution in [3.8, 4) is 0 Å². The van der Waals surface area contributed by atoms with Gasteiger partial charge in [-0.3, -0.25) is 9.59 Å². The number of carbonyl (C=O) groups excluding carboxylic acids is 2. The lowest BCUT2D eigenvalue weighted by atomic mass is 10.1. The smallest absolute Gasteiger partial charge is 0.418 e. The number of benzene rings is 1. The van der Waals surface area contributed by atoms with Gasteiger partial charge in [0.15, 0.2) is 6.61 Å². The Morgan fingerprint density at radius 3 is 2.73 bits per heavy atom. The van der Waals surface area contributed by atoms with Crippen LogP contribution in [0.5, 0.6) is 0 Å². The first kappa shape index (κ1) is 15.8. The Balaban J connectivity index is 2.35. The third kappa shape index (κ3) is 3.74. The van der Waals surface area contributed by atoms with E-state index in [4.69, 9.17) is 4.74 Å². The molecular weight excluding hydrogens is 303 g/mol. The summed E-state index contributed by atoms with van der Waals surface area (Å²) in [5.74, 6) is -0.886. The molecule has 2 N–H and O–H groups in total. The first-order valence-electron chi connectivity index (χ1n) is 6.21. The molecule has 9 heteroatoms. The molecule has 0 radical (unpaired) electrons. The number of ketones is 1. The van der Waals surface area contributed by atoms with Crippen molar-refractivity contribution in [2.45, 2.75) is 13.1 Å². The molecule has 1 aliphatic rings. The van der Waals surface area contributed by atoms with Crippen LogP contribution in [0, 0.1) is 0 Å². The van der Waals surface area contributed by atoms with E-state index in [0.29, 0.717) is 0 Å². The molecule has 0 spiro atoms. The predicted octanol–water partition coefficient (Wildman–Crippen LogP) is 1.51. The van der Waals surface area contributed by atoms with Gasteiger partial charge in [-0.1, -0.05) is 0 Å². The number of anilines is 1. The number of nitrogens with zero attached hydrogens (tertiary/aromatic N) is 1. The number of hydrogen-bond donors (Lipinski definition) is 2. The van der Waals surface area contributed by atoms with E-state index in [-0.39, 0.29) is 36.1 Å². The molecule has 22 heavy (non-hydrogen) atoms. The van der Waals surface area contributed by atoms with E-state index < -0.39 is 17.6 Å². The van der Waals surface area contributed by atoms with Gasteiger partial charge >= 0.3 is 6.18 Å². The highest BCUT2D eigenvalue weighted by atomic mass is 19.4. The number of Topliss-reactive ketones (excluding diaryl/α,β-unsaturated/α-hetero) is 1. The maximum atomic E-state index is 13.1. The van der Waals surface area contributed by atoms with E-state index in [1.807, 2.05) is 0 Å². The fourth-order valence-electron chi connectivity index (χ4n) is 1.75. The third-order valence-electron chi connectivity index (χ3n) is 2.72. The molecule has 118 valence electrons. The highest BCUT2D eigenvalue weighted by Gasteiger charge is 2.34. The monoisotopic (exact) mass is 315 g/mol. The molecule has 0 unspecified atom stereocenters. The number of hydrogen-bond acceptors (Lipinski definition) is 5. The van der Waals surface area contributed by atoms with Gasteiger partial charge in [-0.15, -0.1) is 5.10 Å². The van der Waals surface area contributed by atoms with Crippen molar-refractivity contribution in [1.82, 2.24) is 5.43 Å². The first-order valence-corrected chi connectivity index (χ1v) is 6.21. The zero-order valence-electron chi connectivity index (χ0n) is 11.5. The number of alkyl halides is 3. The highest BCUT2D eigenvalue weighted by Crippen LogP contribution is 2.35. The summed E-state index contributed by atoms with van der Waals surface area (Å²) >= 11 is 0. The summed E-state index contributed by atoms with van der Waals surface area (Å²) in [5.41, 5.74) is 1.03. The molecule has 6 nitrogen and oxygen atoms in total. The Labute approximate surface area is 123 Å². The highest BCUT2D eigenvalue weighted by molar-refractivity contribution is 5.98. The second-order valence-corrected chi connectivity index (χ2v) is 4.55. The van der Waals surface area contributed by atoms with Crippen molar-refractivity contribution in [3.05, 3.63) is 29.3 Å². The number of ether oxygens (including phenoxy) is 1. The number of halogens is 3. The summed E-state index contributed by atoms with van der Waals surface area (Å²) in [7, 11) is 0. The summed E-state index contributed by atoms with van der Waals surface area (Å²) in [4.78, 5) is 21.8. The summed E-state index contributed by atoms with van der Waals surface area (Å²) < 4.78 is 44.3. The molecule has 1 amide bonds. The van der Waals surface area contributed by atoms with Crippen LogP contribution in [0.2, 0.25) is 0 Å². The van der Waals surface area contributed by atoms with E-state index in [9.17, 15) is 22.8 Å². The number of hydrazone groups is 1. The van der Waals surface area contributed by atoms with Crippen LogP contribution < -0.4 is 10.7 Å². The average molecular weight is 315 g/mol. The van der Waals surface area contributed by atoms with Gasteiger partial charge in [0.05, 0.1) is 12.1 Å². The molecular formula is C13H12F3N3O3. The van der Waals surface area contributed by atoms with E-state index in [2.05, 4.69) is 15.8 Å². The van der Waals surface area contributed by atoms with Crippen LogP contribution in [0.15, 0.2) is 23.3 Å². The molecule has 0 saturated carbocycles. The summed E-state index contributed by atoms with van der Waals surface area (Å²) in [6.45, 7) is 0.738. The van der Waals surface area contributed by atoms with Crippen molar-refractivity contribution >= 4 is 23.3 Å². The van der Waals surface area contributed by atoms with Gasteiger partial charge in [0.25, 0.3) is 5.91 Å². The van der Waals surface area contributed by atoms with Crippen LogP contribution in [0.25, 0.3) is 0 Å². The van der Waals surface area contributed by atoms with Gasteiger partial charge in [-0.05, 0) is 25.1 Å². The maximum Gasteiger partial charge on any atom is 0.418 e. The fraction of sp³-hybridized carbons (Fsp3) is 0.308. The van der Waals surface area contributed by atoms with Crippen molar-refractivity contribution in [2.24, 2.45) is 5.10 Å². The Morgan fingerprint density at radius 2 is 2.18 bits per heavy atom. The standard InChI is InChI=1S/C13H12F3N3O3/c1-7(20)5-17-10-3-2-8(4-9(10)13(14,15)16)12-19-18-11(21)6-22-12/h2-4,17H,5-6H2,1H3,(H,18,21). The molecule has 0 aromatic heterocycles. The van der Waals surface area contributed by atoms with Gasteiger partial charge in [-0.25, -0.2) is 5.43 Å². The molecule has 0 atom stereocenters. The molecule has 1 aromatic carbocycles. The van der Waals surface area contributed by atoms with Crippen LogP contribution in [0.3, 0.4) is 0 Å². The summed E-state index contributed by atoms with van der Waals surface area (Å²) in [6.07, 6.45) is -4.62. The van der Waals surface area contributed by atoms with Crippen LogP contribution in [-0.4, -0.2) is 30.7 Å². The zero-order valence-corrected chi connectivity index (χ0v) is 11.5. The molecule has 0 fully saturated rings. The van der Waals surface area contributed by atoms with E-state index >= 15 is 0 Å². The zero-order chi connectivity index (χ0) is 16.3. The van der Waals surface area contributed by atoms with Crippen molar-refractivity contribution < 1.29 is 27.5 Å². The molecule has 1 aromatic rings. The largest absolute Gasteiger partial charge is 0.466 e. The molecule has 1 heterocycles.